The van der Waals surface area contributed by atoms with Gasteiger partial charge in [-0.25, -0.2) is 4.98 Å². The fourth-order valence-corrected chi connectivity index (χ4v) is 3.57. The van der Waals surface area contributed by atoms with Crippen LogP contribution in [0.4, 0.5) is 0 Å². The van der Waals surface area contributed by atoms with Gasteiger partial charge in [-0.3, -0.25) is 14.8 Å². The first kappa shape index (κ1) is 17.1. The summed E-state index contributed by atoms with van der Waals surface area (Å²) in [6.07, 6.45) is -0.184. The number of ether oxygens (including phenoxy) is 1. The van der Waals surface area contributed by atoms with Crippen LogP contribution in [0.2, 0.25) is 0 Å². The van der Waals surface area contributed by atoms with E-state index < -0.39 is 0 Å². The Hall–Kier alpha value is -1.77. The standard InChI is InChI=1S/C16H23N5O2S/c1-11(14-5-4-8-24-14)20(3)15(22)10-21-6-7-23-13(9-21)16-17-12(2)18-19-16/h4-5,8,11,13H,6-7,9-10H2,1-3H3,(H,17,18,19)/t11-,13-/m0/s1. The number of likely N-dealkylation sites (N-methyl/N-ethyl adjacent to an activating group) is 1. The van der Waals surface area contributed by atoms with Crippen molar-refractivity contribution in [3.05, 3.63) is 34.0 Å². The van der Waals surface area contributed by atoms with E-state index in [9.17, 15) is 4.79 Å². The Labute approximate surface area is 145 Å². The second kappa shape index (κ2) is 7.42. The molecule has 130 valence electrons. The molecule has 0 aliphatic carbocycles. The van der Waals surface area contributed by atoms with Gasteiger partial charge in [0.2, 0.25) is 5.91 Å². The smallest absolute Gasteiger partial charge is 0.237 e. The van der Waals surface area contributed by atoms with E-state index in [0.717, 1.165) is 12.4 Å². The minimum absolute atomic E-state index is 0.0880. The summed E-state index contributed by atoms with van der Waals surface area (Å²) in [7, 11) is 1.86. The molecule has 1 N–H and O–H groups in total. The van der Waals surface area contributed by atoms with Crippen molar-refractivity contribution in [1.82, 2.24) is 25.0 Å². The van der Waals surface area contributed by atoms with E-state index in [0.29, 0.717) is 25.5 Å². The lowest BCUT2D eigenvalue weighted by Gasteiger charge is -2.33. The Kier molecular flexibility index (Phi) is 5.27. The molecule has 0 aromatic carbocycles. The maximum absolute atomic E-state index is 12.6. The quantitative estimate of drug-likeness (QED) is 0.890. The number of carbonyl (C=O) groups excluding carboxylic acids is 1. The monoisotopic (exact) mass is 349 g/mol. The molecule has 0 spiro atoms. The van der Waals surface area contributed by atoms with Gasteiger partial charge < -0.3 is 9.64 Å². The third-order valence-corrected chi connectivity index (χ3v) is 5.38. The Morgan fingerprint density at radius 3 is 3.12 bits per heavy atom. The van der Waals surface area contributed by atoms with Crippen molar-refractivity contribution in [2.75, 3.05) is 33.3 Å². The molecule has 1 saturated heterocycles. The summed E-state index contributed by atoms with van der Waals surface area (Å²) in [6, 6.07) is 4.17. The number of rotatable bonds is 5. The average molecular weight is 349 g/mol. The van der Waals surface area contributed by atoms with E-state index in [1.165, 1.54) is 4.88 Å². The second-order valence-electron chi connectivity index (χ2n) is 6.07. The van der Waals surface area contributed by atoms with Gasteiger partial charge in [-0.05, 0) is 25.3 Å². The van der Waals surface area contributed by atoms with Crippen molar-refractivity contribution in [2.45, 2.75) is 26.0 Å². The fourth-order valence-electron chi connectivity index (χ4n) is 2.75. The number of H-pyrrole nitrogens is 1. The predicted octanol–water partition coefficient (Wildman–Crippen LogP) is 1.77. The van der Waals surface area contributed by atoms with Gasteiger partial charge in [0.25, 0.3) is 0 Å². The van der Waals surface area contributed by atoms with E-state index >= 15 is 0 Å². The summed E-state index contributed by atoms with van der Waals surface area (Å²) in [5.41, 5.74) is 0. The Bertz CT molecular complexity index is 672. The van der Waals surface area contributed by atoms with Gasteiger partial charge in [0.05, 0.1) is 19.2 Å². The number of hydrogen-bond donors (Lipinski definition) is 1. The highest BCUT2D eigenvalue weighted by molar-refractivity contribution is 7.10. The van der Waals surface area contributed by atoms with E-state index in [-0.39, 0.29) is 18.1 Å². The van der Waals surface area contributed by atoms with Gasteiger partial charge in [-0.15, -0.1) is 11.3 Å². The maximum Gasteiger partial charge on any atom is 0.237 e. The molecule has 1 amide bonds. The second-order valence-corrected chi connectivity index (χ2v) is 7.05. The van der Waals surface area contributed by atoms with Crippen molar-refractivity contribution in [1.29, 1.82) is 0 Å². The van der Waals surface area contributed by atoms with Crippen LogP contribution in [0, 0.1) is 6.92 Å². The van der Waals surface area contributed by atoms with Crippen molar-refractivity contribution < 1.29 is 9.53 Å². The number of aryl methyl sites for hydroxylation is 1. The molecule has 0 bridgehead atoms. The number of nitrogens with zero attached hydrogens (tertiary/aromatic N) is 4. The van der Waals surface area contributed by atoms with Crippen molar-refractivity contribution in [2.24, 2.45) is 0 Å². The Balaban J connectivity index is 1.57. The van der Waals surface area contributed by atoms with Crippen LogP contribution in [0.15, 0.2) is 17.5 Å². The molecule has 8 heteroatoms. The lowest BCUT2D eigenvalue weighted by atomic mass is 10.2. The molecule has 7 nitrogen and oxygen atoms in total. The molecule has 1 aliphatic heterocycles. The zero-order valence-electron chi connectivity index (χ0n) is 14.2. The molecule has 2 atom stereocenters. The number of aromatic amines is 1. The zero-order chi connectivity index (χ0) is 17.1. The number of aromatic nitrogens is 3. The molecular weight excluding hydrogens is 326 g/mol. The molecule has 1 aliphatic rings. The summed E-state index contributed by atoms with van der Waals surface area (Å²) in [5, 5.41) is 9.04. The molecular formula is C16H23N5O2S. The van der Waals surface area contributed by atoms with Crippen LogP contribution in [-0.2, 0) is 9.53 Å². The largest absolute Gasteiger partial charge is 0.367 e. The number of carbonyl (C=O) groups is 1. The third-order valence-electron chi connectivity index (χ3n) is 4.34. The zero-order valence-corrected chi connectivity index (χ0v) is 15.0. The van der Waals surface area contributed by atoms with Crippen molar-refractivity contribution in [3.8, 4) is 0 Å². The number of amides is 1. The van der Waals surface area contributed by atoms with Crippen molar-refractivity contribution in [3.63, 3.8) is 0 Å². The SMILES string of the molecule is Cc1nc([C@@H]2CN(CC(=O)N(C)[C@@H](C)c3cccs3)CCO2)n[nH]1. The van der Waals surface area contributed by atoms with Gasteiger partial charge in [-0.2, -0.15) is 5.10 Å². The van der Waals surface area contributed by atoms with Crippen LogP contribution in [0.25, 0.3) is 0 Å². The lowest BCUT2D eigenvalue weighted by Crippen LogP contribution is -2.45. The van der Waals surface area contributed by atoms with E-state index in [4.69, 9.17) is 4.74 Å². The van der Waals surface area contributed by atoms with Crippen LogP contribution in [0.3, 0.4) is 0 Å². The van der Waals surface area contributed by atoms with Crippen LogP contribution in [0.1, 0.15) is 35.6 Å². The fraction of sp³-hybridized carbons (Fsp3) is 0.562. The lowest BCUT2D eigenvalue weighted by molar-refractivity contribution is -0.135. The number of morpholine rings is 1. The minimum Gasteiger partial charge on any atom is -0.367 e. The molecule has 24 heavy (non-hydrogen) atoms. The van der Waals surface area contributed by atoms with E-state index in [1.807, 2.05) is 30.3 Å². The molecule has 0 unspecified atom stereocenters. The van der Waals surface area contributed by atoms with Gasteiger partial charge in [-0.1, -0.05) is 6.07 Å². The van der Waals surface area contributed by atoms with Gasteiger partial charge >= 0.3 is 0 Å². The summed E-state index contributed by atoms with van der Waals surface area (Å²) in [6.45, 7) is 6.26. The third kappa shape index (κ3) is 3.82. The first-order chi connectivity index (χ1) is 11.5. The minimum atomic E-state index is -0.184. The summed E-state index contributed by atoms with van der Waals surface area (Å²) < 4.78 is 5.75. The highest BCUT2D eigenvalue weighted by Gasteiger charge is 2.28. The molecule has 1 fully saturated rings. The predicted molar refractivity (Wildman–Crippen MR) is 91.8 cm³/mol. The van der Waals surface area contributed by atoms with Crippen LogP contribution >= 0.6 is 11.3 Å². The summed E-state index contributed by atoms with van der Waals surface area (Å²) in [4.78, 5) is 22.1. The maximum atomic E-state index is 12.6. The van der Waals surface area contributed by atoms with Crippen LogP contribution in [-0.4, -0.2) is 64.2 Å². The Morgan fingerprint density at radius 2 is 2.46 bits per heavy atom. The first-order valence-corrected chi connectivity index (χ1v) is 8.94. The number of thiophene rings is 1. The van der Waals surface area contributed by atoms with Gasteiger partial charge in [0, 0.05) is 25.0 Å². The molecule has 3 heterocycles. The molecule has 2 aromatic heterocycles. The molecule has 0 radical (unpaired) electrons. The number of nitrogens with one attached hydrogen (secondary N) is 1. The normalized spacial score (nSPS) is 20.0. The van der Waals surface area contributed by atoms with Gasteiger partial charge in [0.1, 0.15) is 11.9 Å². The Morgan fingerprint density at radius 1 is 1.62 bits per heavy atom. The van der Waals surface area contributed by atoms with E-state index in [2.05, 4.69) is 33.1 Å². The summed E-state index contributed by atoms with van der Waals surface area (Å²) in [5.74, 6) is 1.54. The molecule has 0 saturated carbocycles. The molecule has 2 aromatic rings. The highest BCUT2D eigenvalue weighted by atomic mass is 32.1. The van der Waals surface area contributed by atoms with E-state index in [1.54, 1.807) is 11.3 Å². The summed E-state index contributed by atoms with van der Waals surface area (Å²) >= 11 is 1.68. The topological polar surface area (TPSA) is 74.3 Å². The number of hydrogen-bond acceptors (Lipinski definition) is 6. The molecule has 3 rings (SSSR count). The van der Waals surface area contributed by atoms with Gasteiger partial charge in [0.15, 0.2) is 5.82 Å². The first-order valence-electron chi connectivity index (χ1n) is 8.06. The van der Waals surface area contributed by atoms with Crippen molar-refractivity contribution >= 4 is 17.2 Å². The average Bonchev–Trinajstić information content (AvgIpc) is 3.25. The highest BCUT2D eigenvalue weighted by Crippen LogP contribution is 2.24. The van der Waals surface area contributed by atoms with Crippen LogP contribution in [0.5, 0.6) is 0 Å². The van der Waals surface area contributed by atoms with Crippen LogP contribution < -0.4 is 0 Å².